The molecule has 0 amide bonds. The summed E-state index contributed by atoms with van der Waals surface area (Å²) in [7, 11) is 0. The van der Waals surface area contributed by atoms with E-state index in [4.69, 9.17) is 4.74 Å². The predicted octanol–water partition coefficient (Wildman–Crippen LogP) is 8.60. The lowest BCUT2D eigenvalue weighted by Gasteiger charge is -2.19. The van der Waals surface area contributed by atoms with Gasteiger partial charge in [0, 0.05) is 6.61 Å². The minimum atomic E-state index is -0.134. The second kappa shape index (κ2) is 17.2. The first-order chi connectivity index (χ1) is 14.0. The Morgan fingerprint density at radius 1 is 0.690 bits per heavy atom. The summed E-state index contributed by atoms with van der Waals surface area (Å²) in [5, 5.41) is 0. The van der Waals surface area contributed by atoms with Crippen molar-refractivity contribution in [3.63, 3.8) is 0 Å². The lowest BCUT2D eigenvalue weighted by molar-refractivity contribution is -0.00196. The van der Waals surface area contributed by atoms with E-state index in [2.05, 4.69) is 32.5 Å². The van der Waals surface area contributed by atoms with Gasteiger partial charge in [0.2, 0.25) is 0 Å². The highest BCUT2D eigenvalue weighted by Crippen LogP contribution is 2.15. The van der Waals surface area contributed by atoms with E-state index in [1.165, 1.54) is 94.1 Å². The molecule has 0 bridgehead atoms. The molecule has 0 unspecified atom stereocenters. The first-order valence-corrected chi connectivity index (χ1v) is 13.1. The fourth-order valence-electron chi connectivity index (χ4n) is 3.42. The topological polar surface area (TPSA) is 9.23 Å². The Balaban J connectivity index is 1.72. The van der Waals surface area contributed by atoms with Gasteiger partial charge in [-0.1, -0.05) is 69.9 Å². The molecule has 0 aliphatic heterocycles. The summed E-state index contributed by atoms with van der Waals surface area (Å²) < 4.78 is 18.6. The summed E-state index contributed by atoms with van der Waals surface area (Å²) in [5.41, 5.74) is 1.27. The van der Waals surface area contributed by atoms with Crippen LogP contribution in [0.3, 0.4) is 0 Å². The number of halogens is 1. The van der Waals surface area contributed by atoms with Gasteiger partial charge in [-0.15, -0.1) is 0 Å². The van der Waals surface area contributed by atoms with Crippen molar-refractivity contribution in [2.24, 2.45) is 0 Å². The van der Waals surface area contributed by atoms with Gasteiger partial charge in [-0.3, -0.25) is 0 Å². The van der Waals surface area contributed by atoms with Crippen LogP contribution in [-0.2, 0) is 11.2 Å². The summed E-state index contributed by atoms with van der Waals surface area (Å²) in [5.74, 6) is 2.41. The Morgan fingerprint density at radius 2 is 1.17 bits per heavy atom. The van der Waals surface area contributed by atoms with Gasteiger partial charge in [-0.05, 0) is 75.7 Å². The second-order valence-corrected chi connectivity index (χ2v) is 10.4. The lowest BCUT2D eigenvalue weighted by Crippen LogP contribution is -2.19. The molecular formula is C26H45FOS. The first-order valence-electron chi connectivity index (χ1n) is 11.9. The molecule has 168 valence electrons. The van der Waals surface area contributed by atoms with Crippen molar-refractivity contribution in [3.8, 4) is 0 Å². The lowest BCUT2D eigenvalue weighted by atomic mass is 10.0. The quantitative estimate of drug-likeness (QED) is 0.218. The Labute approximate surface area is 184 Å². The van der Waals surface area contributed by atoms with Crippen molar-refractivity contribution in [2.45, 2.75) is 110 Å². The maximum absolute atomic E-state index is 12.9. The van der Waals surface area contributed by atoms with E-state index in [0.717, 1.165) is 13.0 Å². The van der Waals surface area contributed by atoms with Crippen LogP contribution in [-0.4, -0.2) is 23.7 Å². The zero-order valence-electron chi connectivity index (χ0n) is 19.3. The van der Waals surface area contributed by atoms with Gasteiger partial charge in [0.25, 0.3) is 0 Å². The van der Waals surface area contributed by atoms with E-state index in [-0.39, 0.29) is 11.4 Å². The highest BCUT2D eigenvalue weighted by molar-refractivity contribution is 7.99. The molecule has 1 aromatic rings. The largest absolute Gasteiger partial charge is 0.376 e. The van der Waals surface area contributed by atoms with Gasteiger partial charge in [-0.2, -0.15) is 11.8 Å². The van der Waals surface area contributed by atoms with Gasteiger partial charge in [0.05, 0.1) is 5.60 Å². The second-order valence-electron chi connectivity index (χ2n) is 9.19. The van der Waals surface area contributed by atoms with Crippen molar-refractivity contribution in [1.29, 1.82) is 0 Å². The average Bonchev–Trinajstić information content (AvgIpc) is 2.67. The number of aryl methyl sites for hydroxylation is 1. The molecule has 0 heterocycles. The molecule has 0 atom stereocenters. The number of unbranched alkanes of at least 4 members (excludes halogenated alkanes) is 10. The summed E-state index contributed by atoms with van der Waals surface area (Å²) in [6, 6.07) is 6.96. The zero-order chi connectivity index (χ0) is 21.2. The van der Waals surface area contributed by atoms with Crippen molar-refractivity contribution < 1.29 is 9.13 Å². The normalized spacial score (nSPS) is 11.9. The molecule has 0 N–H and O–H groups in total. The van der Waals surface area contributed by atoms with Crippen molar-refractivity contribution in [3.05, 3.63) is 35.6 Å². The molecule has 0 aliphatic rings. The first kappa shape index (κ1) is 26.5. The molecule has 0 aromatic heterocycles. The number of thioether (sulfide) groups is 1. The number of rotatable bonds is 18. The highest BCUT2D eigenvalue weighted by atomic mass is 32.2. The molecule has 3 heteroatoms. The van der Waals surface area contributed by atoms with Gasteiger partial charge in [-0.25, -0.2) is 4.39 Å². The third-order valence-electron chi connectivity index (χ3n) is 5.14. The fourth-order valence-corrected chi connectivity index (χ4v) is 4.35. The smallest absolute Gasteiger partial charge is 0.123 e. The molecule has 0 radical (unpaired) electrons. The minimum absolute atomic E-state index is 0.00978. The van der Waals surface area contributed by atoms with Gasteiger partial charge in [0.15, 0.2) is 0 Å². The number of ether oxygens (including phenoxy) is 1. The Hall–Kier alpha value is -0.540. The maximum atomic E-state index is 12.9. The van der Waals surface area contributed by atoms with Crippen molar-refractivity contribution >= 4 is 11.8 Å². The number of hydrogen-bond acceptors (Lipinski definition) is 2. The van der Waals surface area contributed by atoms with E-state index in [0.29, 0.717) is 0 Å². The Bertz CT molecular complexity index is 480. The highest BCUT2D eigenvalue weighted by Gasteiger charge is 2.08. The average molecular weight is 425 g/mol. The standard InChI is InChI=1S/C26H45FOS/c1-26(2,3)28-21-15-23-29-22-14-12-10-8-6-4-5-7-9-11-13-16-24-17-19-25(27)20-18-24/h17-20H,4-16,21-23H2,1-3H3. The van der Waals surface area contributed by atoms with E-state index in [9.17, 15) is 4.39 Å². The summed E-state index contributed by atoms with van der Waals surface area (Å²) >= 11 is 2.09. The molecule has 29 heavy (non-hydrogen) atoms. The van der Waals surface area contributed by atoms with Crippen LogP contribution in [0.25, 0.3) is 0 Å². The fraction of sp³-hybridized carbons (Fsp3) is 0.769. The number of benzene rings is 1. The van der Waals surface area contributed by atoms with Crippen LogP contribution >= 0.6 is 11.8 Å². The molecular weight excluding hydrogens is 379 g/mol. The van der Waals surface area contributed by atoms with E-state index < -0.39 is 0 Å². The molecule has 1 rings (SSSR count). The molecule has 0 saturated heterocycles. The molecule has 0 fully saturated rings. The molecule has 0 spiro atoms. The minimum Gasteiger partial charge on any atom is -0.376 e. The van der Waals surface area contributed by atoms with Gasteiger partial charge in [0.1, 0.15) is 5.82 Å². The van der Waals surface area contributed by atoms with Crippen LogP contribution in [0.15, 0.2) is 24.3 Å². The molecule has 0 aliphatic carbocycles. The predicted molar refractivity (Wildman–Crippen MR) is 129 cm³/mol. The van der Waals surface area contributed by atoms with Crippen molar-refractivity contribution in [1.82, 2.24) is 0 Å². The monoisotopic (exact) mass is 424 g/mol. The summed E-state index contributed by atoms with van der Waals surface area (Å²) in [6.07, 6.45) is 17.3. The van der Waals surface area contributed by atoms with E-state index >= 15 is 0 Å². The Morgan fingerprint density at radius 3 is 1.72 bits per heavy atom. The maximum Gasteiger partial charge on any atom is 0.123 e. The van der Waals surface area contributed by atoms with Gasteiger partial charge >= 0.3 is 0 Å². The molecule has 1 nitrogen and oxygen atoms in total. The van der Waals surface area contributed by atoms with Crippen LogP contribution in [0.4, 0.5) is 4.39 Å². The third kappa shape index (κ3) is 18.0. The van der Waals surface area contributed by atoms with Crippen LogP contribution in [0.2, 0.25) is 0 Å². The van der Waals surface area contributed by atoms with Gasteiger partial charge < -0.3 is 4.74 Å². The SMILES string of the molecule is CC(C)(C)OCCCSCCCCCCCCCCCCCc1ccc(F)cc1. The molecule has 0 saturated carbocycles. The van der Waals surface area contributed by atoms with Crippen LogP contribution in [0.1, 0.15) is 103 Å². The van der Waals surface area contributed by atoms with Crippen LogP contribution in [0, 0.1) is 5.82 Å². The van der Waals surface area contributed by atoms with E-state index in [1.54, 1.807) is 12.1 Å². The Kier molecular flexibility index (Phi) is 15.7. The van der Waals surface area contributed by atoms with Crippen molar-refractivity contribution in [2.75, 3.05) is 18.1 Å². The van der Waals surface area contributed by atoms with E-state index in [1.807, 2.05) is 12.1 Å². The van der Waals surface area contributed by atoms with Crippen LogP contribution < -0.4 is 0 Å². The summed E-state index contributed by atoms with van der Waals surface area (Å²) in [6.45, 7) is 7.26. The zero-order valence-corrected chi connectivity index (χ0v) is 20.1. The summed E-state index contributed by atoms with van der Waals surface area (Å²) in [4.78, 5) is 0. The molecule has 1 aromatic carbocycles. The number of hydrogen-bond donors (Lipinski definition) is 0. The van der Waals surface area contributed by atoms with Crippen LogP contribution in [0.5, 0.6) is 0 Å². The third-order valence-corrected chi connectivity index (χ3v) is 6.29.